The molecule has 1 atom stereocenters. The fourth-order valence-corrected chi connectivity index (χ4v) is 2.50. The lowest BCUT2D eigenvalue weighted by Crippen LogP contribution is -2.38. The highest BCUT2D eigenvalue weighted by molar-refractivity contribution is 7.89. The maximum Gasteiger partial charge on any atom is 0.325 e. The molecule has 0 aliphatic carbocycles. The van der Waals surface area contributed by atoms with Crippen molar-refractivity contribution in [3.05, 3.63) is 29.8 Å². The summed E-state index contributed by atoms with van der Waals surface area (Å²) >= 11 is 0. The minimum atomic E-state index is -3.67. The number of ether oxygens (including phenoxy) is 1. The number of amides is 1. The zero-order valence-corrected chi connectivity index (χ0v) is 13.0. The number of carbonyl (C=O) groups is 2. The standard InChI is InChI=1S/C13H18N2O6S/c1-9(13(17)18)15-12(16)10-3-5-11(6-4-10)22(19,20)14-7-8-21-2/h3-6,9,14H,7-8H2,1-2H3,(H,15,16)(H,17,18)/t9-/m1/s1. The molecule has 0 heterocycles. The Labute approximate surface area is 128 Å². The number of nitrogens with one attached hydrogen (secondary N) is 2. The predicted octanol–water partition coefficient (Wildman–Crippen LogP) is -0.186. The van der Waals surface area contributed by atoms with E-state index in [4.69, 9.17) is 9.84 Å². The molecule has 0 bridgehead atoms. The summed E-state index contributed by atoms with van der Waals surface area (Å²) in [5.41, 5.74) is 0.170. The second kappa shape index (κ2) is 7.87. The van der Waals surface area contributed by atoms with Crippen LogP contribution >= 0.6 is 0 Å². The molecular formula is C13H18N2O6S. The van der Waals surface area contributed by atoms with Crippen molar-refractivity contribution in [2.45, 2.75) is 17.9 Å². The van der Waals surface area contributed by atoms with E-state index in [0.29, 0.717) is 0 Å². The number of carbonyl (C=O) groups excluding carboxylic acids is 1. The molecule has 8 nitrogen and oxygen atoms in total. The van der Waals surface area contributed by atoms with Gasteiger partial charge < -0.3 is 15.2 Å². The Hall–Kier alpha value is -1.97. The van der Waals surface area contributed by atoms with Crippen LogP contribution in [0.15, 0.2) is 29.2 Å². The van der Waals surface area contributed by atoms with Gasteiger partial charge >= 0.3 is 5.97 Å². The van der Waals surface area contributed by atoms with Gasteiger partial charge in [0.1, 0.15) is 6.04 Å². The van der Waals surface area contributed by atoms with Crippen LogP contribution in [0.3, 0.4) is 0 Å². The topological polar surface area (TPSA) is 122 Å². The Kier molecular flexibility index (Phi) is 6.47. The molecule has 1 aromatic carbocycles. The van der Waals surface area contributed by atoms with Crippen molar-refractivity contribution in [2.75, 3.05) is 20.3 Å². The van der Waals surface area contributed by atoms with Gasteiger partial charge in [-0.05, 0) is 31.2 Å². The first-order valence-electron chi connectivity index (χ1n) is 6.40. The molecule has 0 aromatic heterocycles. The van der Waals surface area contributed by atoms with Gasteiger partial charge in [0, 0.05) is 19.2 Å². The zero-order chi connectivity index (χ0) is 16.8. The lowest BCUT2D eigenvalue weighted by Gasteiger charge is -2.10. The van der Waals surface area contributed by atoms with Crippen LogP contribution in [0.4, 0.5) is 0 Å². The van der Waals surface area contributed by atoms with E-state index in [1.54, 1.807) is 0 Å². The van der Waals surface area contributed by atoms with E-state index in [0.717, 1.165) is 0 Å². The average molecular weight is 330 g/mol. The first-order valence-corrected chi connectivity index (χ1v) is 7.88. The summed E-state index contributed by atoms with van der Waals surface area (Å²) in [6, 6.07) is 4.14. The SMILES string of the molecule is COCCNS(=O)(=O)c1ccc(C(=O)N[C@H](C)C(=O)O)cc1. The smallest absolute Gasteiger partial charge is 0.325 e. The van der Waals surface area contributed by atoms with E-state index < -0.39 is 27.9 Å². The molecule has 0 spiro atoms. The number of hydrogen-bond acceptors (Lipinski definition) is 5. The lowest BCUT2D eigenvalue weighted by atomic mass is 10.2. The van der Waals surface area contributed by atoms with Crippen molar-refractivity contribution >= 4 is 21.9 Å². The number of carboxylic acid groups (broad SMARTS) is 1. The molecule has 0 saturated carbocycles. The summed E-state index contributed by atoms with van der Waals surface area (Å²) in [7, 11) is -2.21. The molecule has 1 amide bonds. The van der Waals surface area contributed by atoms with Gasteiger partial charge in [-0.15, -0.1) is 0 Å². The van der Waals surface area contributed by atoms with Crippen molar-refractivity contribution in [1.82, 2.24) is 10.0 Å². The molecule has 0 radical (unpaired) electrons. The van der Waals surface area contributed by atoms with Gasteiger partial charge in [0.2, 0.25) is 10.0 Å². The molecule has 122 valence electrons. The fourth-order valence-electron chi connectivity index (χ4n) is 1.49. The maximum atomic E-state index is 11.9. The monoisotopic (exact) mass is 330 g/mol. The molecule has 0 fully saturated rings. The number of rotatable bonds is 8. The van der Waals surface area contributed by atoms with Crippen LogP contribution in [0.5, 0.6) is 0 Å². The van der Waals surface area contributed by atoms with Crippen LogP contribution in [0.2, 0.25) is 0 Å². The van der Waals surface area contributed by atoms with E-state index in [9.17, 15) is 18.0 Å². The summed E-state index contributed by atoms with van der Waals surface area (Å²) in [6.07, 6.45) is 0. The van der Waals surface area contributed by atoms with E-state index in [1.807, 2.05) is 0 Å². The predicted molar refractivity (Wildman–Crippen MR) is 78.1 cm³/mol. The number of sulfonamides is 1. The van der Waals surface area contributed by atoms with Crippen LogP contribution in [-0.4, -0.2) is 51.7 Å². The van der Waals surface area contributed by atoms with Gasteiger partial charge in [0.25, 0.3) is 5.91 Å². The van der Waals surface area contributed by atoms with Crippen molar-refractivity contribution in [2.24, 2.45) is 0 Å². The molecule has 0 unspecified atom stereocenters. The van der Waals surface area contributed by atoms with Gasteiger partial charge in [-0.3, -0.25) is 9.59 Å². The highest BCUT2D eigenvalue weighted by Crippen LogP contribution is 2.10. The summed E-state index contributed by atoms with van der Waals surface area (Å²) in [5, 5.41) is 11.0. The van der Waals surface area contributed by atoms with Crippen LogP contribution in [0.25, 0.3) is 0 Å². The molecular weight excluding hydrogens is 312 g/mol. The van der Waals surface area contributed by atoms with Crippen molar-refractivity contribution < 1.29 is 27.9 Å². The minimum Gasteiger partial charge on any atom is -0.480 e. The highest BCUT2D eigenvalue weighted by atomic mass is 32.2. The zero-order valence-electron chi connectivity index (χ0n) is 12.2. The second-order valence-electron chi connectivity index (χ2n) is 4.45. The Bertz CT molecular complexity index is 626. The van der Waals surface area contributed by atoms with Crippen LogP contribution in [0, 0.1) is 0 Å². The van der Waals surface area contributed by atoms with Gasteiger partial charge in [-0.2, -0.15) is 0 Å². The normalized spacial score (nSPS) is 12.6. The number of aliphatic carboxylic acids is 1. The molecule has 1 rings (SSSR count). The fraction of sp³-hybridized carbons (Fsp3) is 0.385. The summed E-state index contributed by atoms with van der Waals surface area (Å²) < 4.78 is 30.9. The Balaban J connectivity index is 2.78. The quantitative estimate of drug-likeness (QED) is 0.568. The third-order valence-corrected chi connectivity index (χ3v) is 4.22. The second-order valence-corrected chi connectivity index (χ2v) is 6.22. The third kappa shape index (κ3) is 5.10. The van der Waals surface area contributed by atoms with Gasteiger partial charge in [-0.25, -0.2) is 13.1 Å². The summed E-state index contributed by atoms with van der Waals surface area (Å²) in [5.74, 6) is -1.75. The molecule has 0 aliphatic heterocycles. The van der Waals surface area contributed by atoms with Gasteiger partial charge in [-0.1, -0.05) is 0 Å². The van der Waals surface area contributed by atoms with Crippen molar-refractivity contribution in [3.8, 4) is 0 Å². The number of benzene rings is 1. The van der Waals surface area contributed by atoms with Crippen LogP contribution in [0.1, 0.15) is 17.3 Å². The van der Waals surface area contributed by atoms with E-state index in [-0.39, 0.29) is 23.6 Å². The van der Waals surface area contributed by atoms with E-state index >= 15 is 0 Å². The molecule has 9 heteroatoms. The third-order valence-electron chi connectivity index (χ3n) is 2.74. The first-order chi connectivity index (χ1) is 10.3. The van der Waals surface area contributed by atoms with E-state index in [2.05, 4.69) is 10.0 Å². The molecule has 1 aromatic rings. The Morgan fingerprint density at radius 1 is 1.27 bits per heavy atom. The number of methoxy groups -OCH3 is 1. The number of carboxylic acids is 1. The Morgan fingerprint density at radius 3 is 2.36 bits per heavy atom. The van der Waals surface area contributed by atoms with Crippen LogP contribution in [-0.2, 0) is 19.6 Å². The highest BCUT2D eigenvalue weighted by Gasteiger charge is 2.17. The molecule has 0 saturated heterocycles. The lowest BCUT2D eigenvalue weighted by molar-refractivity contribution is -0.138. The molecule has 22 heavy (non-hydrogen) atoms. The molecule has 3 N–H and O–H groups in total. The minimum absolute atomic E-state index is 0.00596. The first kappa shape index (κ1) is 18.1. The Morgan fingerprint density at radius 2 is 1.86 bits per heavy atom. The number of hydrogen-bond donors (Lipinski definition) is 3. The summed E-state index contributed by atoms with van der Waals surface area (Å²) in [4.78, 5) is 22.4. The van der Waals surface area contributed by atoms with Crippen LogP contribution < -0.4 is 10.0 Å². The maximum absolute atomic E-state index is 11.9. The average Bonchev–Trinajstić information content (AvgIpc) is 2.47. The molecule has 0 aliphatic rings. The largest absolute Gasteiger partial charge is 0.480 e. The van der Waals surface area contributed by atoms with Crippen molar-refractivity contribution in [1.29, 1.82) is 0 Å². The van der Waals surface area contributed by atoms with Gasteiger partial charge in [0.15, 0.2) is 0 Å². The van der Waals surface area contributed by atoms with E-state index in [1.165, 1.54) is 38.3 Å². The van der Waals surface area contributed by atoms with Gasteiger partial charge in [0.05, 0.1) is 11.5 Å². The van der Waals surface area contributed by atoms with Crippen molar-refractivity contribution in [3.63, 3.8) is 0 Å². The summed E-state index contributed by atoms with van der Waals surface area (Å²) in [6.45, 7) is 1.71.